The van der Waals surface area contributed by atoms with Crippen LogP contribution in [-0.2, 0) is 11.4 Å². The van der Waals surface area contributed by atoms with Crippen molar-refractivity contribution in [1.82, 2.24) is 9.55 Å². The molecule has 0 unspecified atom stereocenters. The highest BCUT2D eigenvalue weighted by Gasteiger charge is 2.04. The van der Waals surface area contributed by atoms with Crippen LogP contribution in [0.2, 0.25) is 0 Å². The average Bonchev–Trinajstić information content (AvgIpc) is 3.00. The van der Waals surface area contributed by atoms with E-state index in [1.54, 1.807) is 6.20 Å². The Morgan fingerprint density at radius 2 is 2.00 bits per heavy atom. The summed E-state index contributed by atoms with van der Waals surface area (Å²) in [5.74, 6) is 0. The van der Waals surface area contributed by atoms with E-state index in [-0.39, 0.29) is 24.8 Å². The first-order chi connectivity index (χ1) is 9.90. The molecule has 0 aliphatic rings. The van der Waals surface area contributed by atoms with Crippen molar-refractivity contribution in [2.45, 2.75) is 19.4 Å². The van der Waals surface area contributed by atoms with Gasteiger partial charge in [0.1, 0.15) is 6.61 Å². The zero-order valence-electron chi connectivity index (χ0n) is 12.3. The Morgan fingerprint density at radius 1 is 1.23 bits per heavy atom. The second-order valence-corrected chi connectivity index (χ2v) is 4.43. The fraction of sp³-hybridized carbons (Fsp3) is 0.333. The molecule has 1 heterocycles. The van der Waals surface area contributed by atoms with Gasteiger partial charge in [-0.1, -0.05) is 35.5 Å². The van der Waals surface area contributed by atoms with Gasteiger partial charge in [-0.05, 0) is 18.4 Å². The Balaban J connectivity index is 0.00000220. The Kier molecular flexibility index (Phi) is 11.2. The van der Waals surface area contributed by atoms with Crippen LogP contribution in [0.3, 0.4) is 0 Å². The number of aryl methyl sites for hydroxylation is 1. The van der Waals surface area contributed by atoms with Gasteiger partial charge in [0.15, 0.2) is 0 Å². The molecule has 7 heteroatoms. The zero-order valence-corrected chi connectivity index (χ0v) is 13.9. The molecule has 0 radical (unpaired) electrons. The lowest BCUT2D eigenvalue weighted by Gasteiger charge is -2.07. The second-order valence-electron chi connectivity index (χ2n) is 4.43. The maximum absolute atomic E-state index is 5.41. The summed E-state index contributed by atoms with van der Waals surface area (Å²) in [4.78, 5) is 9.26. The van der Waals surface area contributed by atoms with E-state index in [0.717, 1.165) is 30.7 Å². The van der Waals surface area contributed by atoms with Crippen molar-refractivity contribution in [1.29, 1.82) is 0 Å². The molecule has 22 heavy (non-hydrogen) atoms. The van der Waals surface area contributed by atoms with Crippen molar-refractivity contribution in [3.63, 3.8) is 0 Å². The van der Waals surface area contributed by atoms with E-state index in [4.69, 9.17) is 10.6 Å². The number of benzene rings is 1. The van der Waals surface area contributed by atoms with Crippen molar-refractivity contribution in [3.05, 3.63) is 54.6 Å². The number of imidazole rings is 1. The van der Waals surface area contributed by atoms with Gasteiger partial charge in [0.05, 0.1) is 12.0 Å². The molecule has 2 rings (SSSR count). The molecule has 0 fully saturated rings. The summed E-state index contributed by atoms with van der Waals surface area (Å²) in [6.07, 6.45) is 7.41. The van der Waals surface area contributed by atoms with Crippen LogP contribution in [0, 0.1) is 0 Å². The van der Waals surface area contributed by atoms with E-state index in [1.807, 2.05) is 42.9 Å². The highest BCUT2D eigenvalue weighted by atomic mass is 35.5. The van der Waals surface area contributed by atoms with Gasteiger partial charge in [-0.3, -0.25) is 0 Å². The summed E-state index contributed by atoms with van der Waals surface area (Å²) in [5, 5.41) is 4.21. The molecule has 122 valence electrons. The molecule has 1 aromatic heterocycles. The van der Waals surface area contributed by atoms with Crippen LogP contribution in [-0.4, -0.2) is 28.4 Å². The van der Waals surface area contributed by atoms with E-state index >= 15 is 0 Å². The topological polar surface area (TPSA) is 65.4 Å². The Labute approximate surface area is 143 Å². The number of rotatable bonds is 8. The molecule has 0 amide bonds. The highest BCUT2D eigenvalue weighted by molar-refractivity contribution is 6.00. The molecule has 2 N–H and O–H groups in total. The number of halogens is 2. The average molecular weight is 345 g/mol. The van der Waals surface area contributed by atoms with Gasteiger partial charge in [0.25, 0.3) is 0 Å². The molecule has 0 atom stereocenters. The van der Waals surface area contributed by atoms with Crippen molar-refractivity contribution in [2.75, 3.05) is 13.2 Å². The maximum atomic E-state index is 5.41. The second kappa shape index (κ2) is 12.0. The van der Waals surface area contributed by atoms with Crippen molar-refractivity contribution >= 4 is 30.5 Å². The molecule has 0 saturated carbocycles. The molecule has 0 bridgehead atoms. The first-order valence-corrected chi connectivity index (χ1v) is 6.80. The number of hydrogen-bond donors (Lipinski definition) is 1. The minimum absolute atomic E-state index is 0. The fourth-order valence-corrected chi connectivity index (χ4v) is 1.90. The van der Waals surface area contributed by atoms with Crippen LogP contribution >= 0.6 is 24.8 Å². The Bertz CT molecular complexity index is 518. The zero-order chi connectivity index (χ0) is 14.0. The van der Waals surface area contributed by atoms with Crippen molar-refractivity contribution in [2.24, 2.45) is 10.9 Å². The highest BCUT2D eigenvalue weighted by Crippen LogP contribution is 2.08. The molecule has 0 saturated heterocycles. The largest absolute Gasteiger partial charge is 0.394 e. The van der Waals surface area contributed by atoms with E-state index < -0.39 is 0 Å². The number of aromatic nitrogens is 2. The lowest BCUT2D eigenvalue weighted by atomic mass is 10.1. The lowest BCUT2D eigenvalue weighted by Crippen LogP contribution is -2.09. The van der Waals surface area contributed by atoms with Gasteiger partial charge >= 0.3 is 0 Å². The van der Waals surface area contributed by atoms with Gasteiger partial charge < -0.3 is 15.1 Å². The third-order valence-electron chi connectivity index (χ3n) is 2.88. The van der Waals surface area contributed by atoms with Gasteiger partial charge in [-0.2, -0.15) is 0 Å². The van der Waals surface area contributed by atoms with Crippen LogP contribution in [0.5, 0.6) is 0 Å². The smallest absolute Gasteiger partial charge is 0.129 e. The van der Waals surface area contributed by atoms with Crippen LogP contribution in [0.15, 0.2) is 54.2 Å². The predicted molar refractivity (Wildman–Crippen MR) is 93.9 cm³/mol. The number of oxime groups is 1. The molecule has 0 aliphatic heterocycles. The normalized spacial score (nSPS) is 10.5. The molecular formula is C15H22Cl2N4O. The van der Waals surface area contributed by atoms with Crippen molar-refractivity contribution < 1.29 is 4.84 Å². The van der Waals surface area contributed by atoms with Crippen molar-refractivity contribution in [3.8, 4) is 0 Å². The maximum Gasteiger partial charge on any atom is 0.129 e. The molecule has 2 aromatic rings. The minimum Gasteiger partial charge on any atom is -0.394 e. The van der Waals surface area contributed by atoms with Crippen LogP contribution in [0.25, 0.3) is 0 Å². The van der Waals surface area contributed by atoms with E-state index in [0.29, 0.717) is 13.2 Å². The number of nitrogens with two attached hydrogens (primary N) is 1. The summed E-state index contributed by atoms with van der Waals surface area (Å²) < 4.78 is 2.06. The first kappa shape index (κ1) is 20.4. The molecule has 5 nitrogen and oxygen atoms in total. The third kappa shape index (κ3) is 6.93. The lowest BCUT2D eigenvalue weighted by molar-refractivity contribution is 0.151. The van der Waals surface area contributed by atoms with Gasteiger partial charge in [-0.15, -0.1) is 24.8 Å². The number of nitrogens with zero attached hydrogens (tertiary/aromatic N) is 3. The summed E-state index contributed by atoms with van der Waals surface area (Å²) in [7, 11) is 0. The Hall–Kier alpha value is -1.56. The number of hydrogen-bond acceptors (Lipinski definition) is 4. The molecule has 0 aliphatic carbocycles. The minimum atomic E-state index is 0. The summed E-state index contributed by atoms with van der Waals surface area (Å²) in [6, 6.07) is 10.1. The Morgan fingerprint density at radius 3 is 2.64 bits per heavy atom. The summed E-state index contributed by atoms with van der Waals surface area (Å²) in [5.41, 5.74) is 7.46. The molecule has 0 spiro atoms. The van der Waals surface area contributed by atoms with Gasteiger partial charge in [-0.25, -0.2) is 4.98 Å². The molecular weight excluding hydrogens is 323 g/mol. The van der Waals surface area contributed by atoms with E-state index in [1.165, 1.54) is 0 Å². The fourth-order valence-electron chi connectivity index (χ4n) is 1.90. The SMILES string of the molecule is Cl.Cl.NCCON=C(CCCn1ccnc1)c1ccccc1. The van der Waals surface area contributed by atoms with Crippen LogP contribution in [0.4, 0.5) is 0 Å². The monoisotopic (exact) mass is 344 g/mol. The standard InChI is InChI=1S/C15H20N4O.2ClH/c16-8-12-20-18-15(14-5-2-1-3-6-14)7-4-10-19-11-9-17-13-19;;/h1-3,5-6,9,11,13H,4,7-8,10,12,16H2;2*1H. The van der Waals surface area contributed by atoms with Crippen LogP contribution in [0.1, 0.15) is 18.4 Å². The third-order valence-corrected chi connectivity index (χ3v) is 2.88. The van der Waals surface area contributed by atoms with E-state index in [2.05, 4.69) is 14.7 Å². The van der Waals surface area contributed by atoms with Gasteiger partial charge in [0.2, 0.25) is 0 Å². The molecule has 1 aromatic carbocycles. The summed E-state index contributed by atoms with van der Waals surface area (Å²) >= 11 is 0. The first-order valence-electron chi connectivity index (χ1n) is 6.80. The summed E-state index contributed by atoms with van der Waals surface area (Å²) in [6.45, 7) is 1.83. The predicted octanol–water partition coefficient (Wildman–Crippen LogP) is 2.89. The quantitative estimate of drug-likeness (QED) is 0.455. The van der Waals surface area contributed by atoms with Crippen LogP contribution < -0.4 is 5.73 Å². The van der Waals surface area contributed by atoms with E-state index in [9.17, 15) is 0 Å². The van der Waals surface area contributed by atoms with Gasteiger partial charge in [0, 0.05) is 25.5 Å².